The van der Waals surface area contributed by atoms with Crippen LogP contribution in [0.15, 0.2) is 23.7 Å². The van der Waals surface area contributed by atoms with Crippen LogP contribution in [-0.2, 0) is 4.79 Å². The lowest BCUT2D eigenvalue weighted by atomic mass is 9.89. The van der Waals surface area contributed by atoms with E-state index >= 15 is 0 Å². The number of carbonyl (C=O) groups is 1. The van der Waals surface area contributed by atoms with Gasteiger partial charge in [0.05, 0.1) is 23.8 Å². The predicted octanol–water partition coefficient (Wildman–Crippen LogP) is 3.49. The van der Waals surface area contributed by atoms with E-state index in [0.29, 0.717) is 10.9 Å². The van der Waals surface area contributed by atoms with E-state index in [1.807, 2.05) is 22.0 Å². The molecule has 0 saturated carbocycles. The van der Waals surface area contributed by atoms with Crippen LogP contribution in [0.25, 0.3) is 16.0 Å². The number of halogens is 1. The molecule has 6 nitrogen and oxygen atoms in total. The molecular formula is C14H7ClN4O2S2. The van der Waals surface area contributed by atoms with Gasteiger partial charge >= 0.3 is 5.97 Å². The average Bonchev–Trinajstić information content (AvgIpc) is 3.20. The van der Waals surface area contributed by atoms with Crippen LogP contribution in [0.4, 0.5) is 0 Å². The maximum absolute atomic E-state index is 12.1. The zero-order valence-electron chi connectivity index (χ0n) is 11.4. The van der Waals surface area contributed by atoms with Gasteiger partial charge in [-0.1, -0.05) is 11.6 Å². The smallest absolute Gasteiger partial charge is 0.312 e. The number of nitrogens with zero attached hydrogens (tertiary/aromatic N) is 4. The molecule has 1 aliphatic heterocycles. The fraction of sp³-hybridized carbons (Fsp3) is 0.143. The first-order chi connectivity index (χ1) is 11.2. The zero-order valence-corrected chi connectivity index (χ0v) is 13.8. The van der Waals surface area contributed by atoms with Gasteiger partial charge in [-0.2, -0.15) is 8.75 Å². The van der Waals surface area contributed by atoms with Crippen LogP contribution in [0.1, 0.15) is 23.6 Å². The van der Waals surface area contributed by atoms with E-state index in [1.54, 1.807) is 6.07 Å². The molecule has 114 valence electrons. The lowest BCUT2D eigenvalue weighted by Gasteiger charge is -2.24. The van der Waals surface area contributed by atoms with Crippen molar-refractivity contribution in [1.29, 1.82) is 0 Å². The van der Waals surface area contributed by atoms with E-state index in [-0.39, 0.29) is 18.3 Å². The van der Waals surface area contributed by atoms with Gasteiger partial charge in [-0.3, -0.25) is 9.20 Å². The van der Waals surface area contributed by atoms with Crippen molar-refractivity contribution >= 4 is 56.6 Å². The molecule has 3 aromatic heterocycles. The van der Waals surface area contributed by atoms with Crippen LogP contribution in [0, 0.1) is 0 Å². The van der Waals surface area contributed by atoms with Crippen LogP contribution in [-0.4, -0.2) is 24.1 Å². The predicted molar refractivity (Wildman–Crippen MR) is 87.6 cm³/mol. The summed E-state index contributed by atoms with van der Waals surface area (Å²) in [4.78, 5) is 17.2. The summed E-state index contributed by atoms with van der Waals surface area (Å²) in [6, 6.07) is 3.58. The fourth-order valence-corrected chi connectivity index (χ4v) is 4.66. The van der Waals surface area contributed by atoms with Crippen LogP contribution in [0.2, 0.25) is 5.15 Å². The minimum absolute atomic E-state index is 0.201. The zero-order chi connectivity index (χ0) is 15.6. The Hall–Kier alpha value is -2.03. The van der Waals surface area contributed by atoms with Crippen LogP contribution in [0.3, 0.4) is 0 Å². The van der Waals surface area contributed by atoms with E-state index in [2.05, 4.69) is 13.7 Å². The lowest BCUT2D eigenvalue weighted by molar-refractivity contribution is -0.135. The SMILES string of the molecule is O=C1C[C@@H](c2c(Cl)nc3sccn23)c2c(ccc3nsnc23)O1. The van der Waals surface area contributed by atoms with Gasteiger partial charge < -0.3 is 4.74 Å². The number of imidazole rings is 1. The Kier molecular flexibility index (Phi) is 2.76. The number of aromatic nitrogens is 4. The molecule has 0 N–H and O–H groups in total. The summed E-state index contributed by atoms with van der Waals surface area (Å²) in [6.07, 6.45) is 2.11. The Morgan fingerprint density at radius 3 is 3.17 bits per heavy atom. The van der Waals surface area contributed by atoms with Gasteiger partial charge in [-0.15, -0.1) is 11.3 Å². The number of thiazole rings is 1. The molecule has 5 rings (SSSR count). The first kappa shape index (κ1) is 13.4. The molecule has 4 heterocycles. The van der Waals surface area contributed by atoms with Gasteiger partial charge in [0.1, 0.15) is 16.8 Å². The number of hydrogen-bond donors (Lipinski definition) is 0. The maximum atomic E-state index is 12.1. The minimum Gasteiger partial charge on any atom is -0.426 e. The van der Waals surface area contributed by atoms with Gasteiger partial charge in [-0.05, 0) is 12.1 Å². The third-order valence-electron chi connectivity index (χ3n) is 3.95. The van der Waals surface area contributed by atoms with Crippen LogP contribution in [0.5, 0.6) is 5.75 Å². The molecule has 0 fully saturated rings. The minimum atomic E-state index is -0.286. The van der Waals surface area contributed by atoms with Crippen molar-refractivity contribution in [2.24, 2.45) is 0 Å². The number of fused-ring (bicyclic) bond motifs is 4. The summed E-state index contributed by atoms with van der Waals surface area (Å²) in [5.41, 5.74) is 3.19. The molecule has 23 heavy (non-hydrogen) atoms. The van der Waals surface area contributed by atoms with Crippen molar-refractivity contribution in [3.8, 4) is 5.75 Å². The average molecular weight is 363 g/mol. The molecule has 0 radical (unpaired) electrons. The Morgan fingerprint density at radius 1 is 1.35 bits per heavy atom. The molecular weight excluding hydrogens is 356 g/mol. The summed E-state index contributed by atoms with van der Waals surface area (Å²) in [7, 11) is 0. The molecule has 0 unspecified atom stereocenters. The van der Waals surface area contributed by atoms with Gasteiger partial charge in [0.15, 0.2) is 10.1 Å². The number of ether oxygens (including phenoxy) is 1. The molecule has 0 amide bonds. The summed E-state index contributed by atoms with van der Waals surface area (Å²) in [5.74, 6) is -0.0186. The van der Waals surface area contributed by atoms with E-state index in [0.717, 1.165) is 39.0 Å². The molecule has 1 aliphatic rings. The van der Waals surface area contributed by atoms with Gasteiger partial charge in [0, 0.05) is 23.1 Å². The Labute approximate surface area is 142 Å². The van der Waals surface area contributed by atoms with Crippen molar-refractivity contribution in [2.75, 3.05) is 0 Å². The highest BCUT2D eigenvalue weighted by molar-refractivity contribution is 7.15. The number of hydrogen-bond acceptors (Lipinski definition) is 7. The number of benzene rings is 1. The quantitative estimate of drug-likeness (QED) is 0.383. The Morgan fingerprint density at radius 2 is 2.26 bits per heavy atom. The van der Waals surface area contributed by atoms with E-state index in [9.17, 15) is 4.79 Å². The number of rotatable bonds is 1. The van der Waals surface area contributed by atoms with E-state index in [4.69, 9.17) is 16.3 Å². The molecule has 1 aromatic carbocycles. The summed E-state index contributed by atoms with van der Waals surface area (Å²) in [5, 5.41) is 2.34. The van der Waals surface area contributed by atoms with Crippen LogP contribution < -0.4 is 4.74 Å². The molecule has 0 spiro atoms. The highest BCUT2D eigenvalue weighted by Gasteiger charge is 2.35. The summed E-state index contributed by atoms with van der Waals surface area (Å²) >= 11 is 9.01. The standard InChI is InChI=1S/C14H7ClN4O2S2/c15-13-12(19-3-4-22-14(19)16-13)6-5-9(20)21-8-2-1-7-11(10(6)8)18-23-17-7/h1-4,6H,5H2/t6-/m1/s1. The first-order valence-corrected chi connectivity index (χ1v) is 8.78. The fourth-order valence-electron chi connectivity index (χ4n) is 3.03. The van der Waals surface area contributed by atoms with Crippen molar-refractivity contribution in [3.63, 3.8) is 0 Å². The molecule has 4 aromatic rings. The number of esters is 1. The normalized spacial score (nSPS) is 17.6. The molecule has 0 saturated heterocycles. The highest BCUT2D eigenvalue weighted by Crippen LogP contribution is 2.44. The second-order valence-electron chi connectivity index (χ2n) is 5.18. The third-order valence-corrected chi connectivity index (χ3v) is 5.53. The highest BCUT2D eigenvalue weighted by atomic mass is 35.5. The Balaban J connectivity index is 1.85. The molecule has 1 atom stereocenters. The molecule has 9 heteroatoms. The molecule has 0 aliphatic carbocycles. The van der Waals surface area contributed by atoms with Crippen molar-refractivity contribution in [2.45, 2.75) is 12.3 Å². The van der Waals surface area contributed by atoms with E-state index in [1.165, 1.54) is 11.3 Å². The lowest BCUT2D eigenvalue weighted by Crippen LogP contribution is -2.22. The Bertz CT molecular complexity index is 1080. The van der Waals surface area contributed by atoms with Crippen molar-refractivity contribution < 1.29 is 9.53 Å². The first-order valence-electron chi connectivity index (χ1n) is 6.79. The summed E-state index contributed by atoms with van der Waals surface area (Å²) < 4.78 is 16.0. The summed E-state index contributed by atoms with van der Waals surface area (Å²) in [6.45, 7) is 0. The second-order valence-corrected chi connectivity index (χ2v) is 6.94. The topological polar surface area (TPSA) is 69.4 Å². The van der Waals surface area contributed by atoms with Crippen molar-refractivity contribution in [1.82, 2.24) is 18.1 Å². The van der Waals surface area contributed by atoms with Gasteiger partial charge in [0.2, 0.25) is 0 Å². The number of carbonyl (C=O) groups excluding carboxylic acids is 1. The van der Waals surface area contributed by atoms with E-state index < -0.39 is 0 Å². The second kappa shape index (κ2) is 4.73. The van der Waals surface area contributed by atoms with Gasteiger partial charge in [-0.25, -0.2) is 4.98 Å². The van der Waals surface area contributed by atoms with Gasteiger partial charge in [0.25, 0.3) is 0 Å². The monoisotopic (exact) mass is 362 g/mol. The van der Waals surface area contributed by atoms with Crippen molar-refractivity contribution in [3.05, 3.63) is 40.1 Å². The van der Waals surface area contributed by atoms with Crippen LogP contribution >= 0.6 is 34.7 Å². The molecule has 0 bridgehead atoms. The maximum Gasteiger partial charge on any atom is 0.312 e. The largest absolute Gasteiger partial charge is 0.426 e. The third kappa shape index (κ3) is 1.85.